The maximum absolute atomic E-state index is 12.4. The minimum absolute atomic E-state index is 0.00540. The zero-order chi connectivity index (χ0) is 21.8. The van der Waals surface area contributed by atoms with Crippen LogP contribution in [0.15, 0.2) is 54.1 Å². The molecule has 0 heterocycles. The second-order valence-corrected chi connectivity index (χ2v) is 6.86. The van der Waals surface area contributed by atoms with Crippen LogP contribution in [0.3, 0.4) is 0 Å². The number of amides is 2. The summed E-state index contributed by atoms with van der Waals surface area (Å²) < 4.78 is 5.71. The SMILES string of the molecule is CCCCCCOc1ccc(/C=C(\C#N)C(=O)Nc2ccc(NC(C)=O)cc2)cc1. The number of benzene rings is 2. The molecule has 6 nitrogen and oxygen atoms in total. The first-order valence-electron chi connectivity index (χ1n) is 10.1. The lowest BCUT2D eigenvalue weighted by Crippen LogP contribution is -2.13. The molecule has 0 unspecified atom stereocenters. The molecule has 2 rings (SSSR count). The zero-order valence-electron chi connectivity index (χ0n) is 17.4. The van der Waals surface area contributed by atoms with Crippen molar-refractivity contribution in [3.05, 3.63) is 59.7 Å². The zero-order valence-corrected chi connectivity index (χ0v) is 17.4. The number of anilines is 2. The van der Waals surface area contributed by atoms with Gasteiger partial charge in [0.15, 0.2) is 0 Å². The van der Waals surface area contributed by atoms with Crippen LogP contribution in [-0.2, 0) is 9.59 Å². The highest BCUT2D eigenvalue weighted by Crippen LogP contribution is 2.17. The molecule has 2 amide bonds. The summed E-state index contributed by atoms with van der Waals surface area (Å²) in [6.45, 7) is 4.28. The fourth-order valence-corrected chi connectivity index (χ4v) is 2.73. The Morgan fingerprint density at radius 1 is 0.967 bits per heavy atom. The molecule has 0 bridgehead atoms. The molecule has 2 aromatic rings. The van der Waals surface area contributed by atoms with Gasteiger partial charge in [0.05, 0.1) is 6.61 Å². The van der Waals surface area contributed by atoms with E-state index < -0.39 is 5.91 Å². The van der Waals surface area contributed by atoms with Crippen LogP contribution < -0.4 is 15.4 Å². The van der Waals surface area contributed by atoms with Crippen LogP contribution in [0.1, 0.15) is 45.1 Å². The van der Waals surface area contributed by atoms with Crippen molar-refractivity contribution in [2.45, 2.75) is 39.5 Å². The fourth-order valence-electron chi connectivity index (χ4n) is 2.73. The minimum Gasteiger partial charge on any atom is -0.494 e. The van der Waals surface area contributed by atoms with Gasteiger partial charge in [-0.3, -0.25) is 9.59 Å². The van der Waals surface area contributed by atoms with Crippen molar-refractivity contribution in [3.8, 4) is 11.8 Å². The molecule has 0 aromatic heterocycles. The minimum atomic E-state index is -0.499. The molecule has 0 aliphatic heterocycles. The van der Waals surface area contributed by atoms with E-state index in [2.05, 4.69) is 17.6 Å². The van der Waals surface area contributed by atoms with Crippen LogP contribution in [0.2, 0.25) is 0 Å². The van der Waals surface area contributed by atoms with Crippen molar-refractivity contribution in [2.24, 2.45) is 0 Å². The second-order valence-electron chi connectivity index (χ2n) is 6.86. The van der Waals surface area contributed by atoms with Crippen molar-refractivity contribution in [3.63, 3.8) is 0 Å². The largest absolute Gasteiger partial charge is 0.494 e. The van der Waals surface area contributed by atoms with E-state index in [1.165, 1.54) is 25.8 Å². The third kappa shape index (κ3) is 7.80. The fraction of sp³-hybridized carbons (Fsp3) is 0.292. The number of ether oxygens (including phenoxy) is 1. The molecular formula is C24H27N3O3. The molecule has 6 heteroatoms. The number of rotatable bonds is 10. The highest BCUT2D eigenvalue weighted by molar-refractivity contribution is 6.09. The Morgan fingerprint density at radius 2 is 1.60 bits per heavy atom. The molecule has 0 fully saturated rings. The van der Waals surface area contributed by atoms with Crippen LogP contribution in [0.5, 0.6) is 5.75 Å². The van der Waals surface area contributed by atoms with Gasteiger partial charge in [-0.25, -0.2) is 0 Å². The van der Waals surface area contributed by atoms with E-state index in [1.54, 1.807) is 24.3 Å². The van der Waals surface area contributed by atoms with Crippen LogP contribution in [0.4, 0.5) is 11.4 Å². The van der Waals surface area contributed by atoms with Crippen LogP contribution in [0.25, 0.3) is 6.08 Å². The number of carbonyl (C=O) groups is 2. The Morgan fingerprint density at radius 3 is 2.17 bits per heavy atom. The van der Waals surface area contributed by atoms with E-state index in [-0.39, 0.29) is 11.5 Å². The molecule has 0 spiro atoms. The number of hydrogen-bond donors (Lipinski definition) is 2. The predicted octanol–water partition coefficient (Wildman–Crippen LogP) is 5.15. The number of nitrogens with one attached hydrogen (secondary N) is 2. The number of nitriles is 1. The van der Waals surface area contributed by atoms with Crippen molar-refractivity contribution in [1.82, 2.24) is 0 Å². The van der Waals surface area contributed by atoms with Gasteiger partial charge < -0.3 is 15.4 Å². The monoisotopic (exact) mass is 405 g/mol. The van der Waals surface area contributed by atoms with Gasteiger partial charge in [-0.1, -0.05) is 38.3 Å². The van der Waals surface area contributed by atoms with Gasteiger partial charge in [0.1, 0.15) is 17.4 Å². The Kier molecular flexibility index (Phi) is 9.14. The normalized spacial score (nSPS) is 10.8. The van der Waals surface area contributed by atoms with Crippen LogP contribution in [0, 0.1) is 11.3 Å². The smallest absolute Gasteiger partial charge is 0.266 e. The van der Waals surface area contributed by atoms with Gasteiger partial charge in [-0.05, 0) is 54.5 Å². The standard InChI is InChI=1S/C24H27N3O3/c1-3-4-5-6-15-30-23-13-7-19(8-14-23)16-20(17-25)24(29)27-22-11-9-21(10-12-22)26-18(2)28/h7-14,16H,3-6,15H2,1-2H3,(H,26,28)(H,27,29)/b20-16+. The van der Waals surface area contributed by atoms with Crippen molar-refractivity contribution in [1.29, 1.82) is 5.26 Å². The first-order valence-corrected chi connectivity index (χ1v) is 10.1. The van der Waals surface area contributed by atoms with Crippen molar-refractivity contribution < 1.29 is 14.3 Å². The van der Waals surface area contributed by atoms with Crippen LogP contribution >= 0.6 is 0 Å². The lowest BCUT2D eigenvalue weighted by atomic mass is 10.1. The number of carbonyl (C=O) groups excluding carboxylic acids is 2. The van der Waals surface area contributed by atoms with E-state index in [4.69, 9.17) is 4.74 Å². The van der Waals surface area contributed by atoms with Gasteiger partial charge in [0, 0.05) is 18.3 Å². The second kappa shape index (κ2) is 12.1. The maximum Gasteiger partial charge on any atom is 0.266 e. The van der Waals surface area contributed by atoms with Gasteiger partial charge >= 0.3 is 0 Å². The highest BCUT2D eigenvalue weighted by Gasteiger charge is 2.10. The predicted molar refractivity (Wildman–Crippen MR) is 119 cm³/mol. The van der Waals surface area contributed by atoms with E-state index in [9.17, 15) is 14.9 Å². The first kappa shape index (κ1) is 22.7. The third-order valence-corrected chi connectivity index (χ3v) is 4.29. The number of nitrogens with zero attached hydrogens (tertiary/aromatic N) is 1. The summed E-state index contributed by atoms with van der Waals surface area (Å²) in [5.74, 6) is 0.0984. The summed E-state index contributed by atoms with van der Waals surface area (Å²) in [4.78, 5) is 23.5. The lowest BCUT2D eigenvalue weighted by molar-refractivity contribution is -0.114. The molecule has 2 aromatic carbocycles. The maximum atomic E-state index is 12.4. The molecular weight excluding hydrogens is 378 g/mol. The molecule has 0 aliphatic carbocycles. The average Bonchev–Trinajstić information content (AvgIpc) is 2.74. The average molecular weight is 405 g/mol. The molecule has 0 atom stereocenters. The molecule has 2 N–H and O–H groups in total. The van der Waals surface area contributed by atoms with Crippen molar-refractivity contribution >= 4 is 29.3 Å². The Hall–Kier alpha value is -3.59. The quantitative estimate of drug-likeness (QED) is 0.325. The summed E-state index contributed by atoms with van der Waals surface area (Å²) in [5.41, 5.74) is 1.89. The van der Waals surface area contributed by atoms with Gasteiger partial charge in [-0.15, -0.1) is 0 Å². The summed E-state index contributed by atoms with van der Waals surface area (Å²) >= 11 is 0. The highest BCUT2D eigenvalue weighted by atomic mass is 16.5. The molecule has 156 valence electrons. The molecule has 30 heavy (non-hydrogen) atoms. The van der Waals surface area contributed by atoms with Crippen LogP contribution in [-0.4, -0.2) is 18.4 Å². The Bertz CT molecular complexity index is 910. The summed E-state index contributed by atoms with van der Waals surface area (Å²) in [6.07, 6.45) is 6.13. The summed E-state index contributed by atoms with van der Waals surface area (Å²) in [7, 11) is 0. The number of unbranched alkanes of at least 4 members (excludes halogenated alkanes) is 3. The van der Waals surface area contributed by atoms with E-state index in [0.29, 0.717) is 18.0 Å². The first-order chi connectivity index (χ1) is 14.5. The summed E-state index contributed by atoms with van der Waals surface area (Å²) in [6, 6.07) is 15.9. The third-order valence-electron chi connectivity index (χ3n) is 4.29. The van der Waals surface area contributed by atoms with E-state index in [1.807, 2.05) is 30.3 Å². The van der Waals surface area contributed by atoms with E-state index in [0.717, 1.165) is 24.2 Å². The van der Waals surface area contributed by atoms with Gasteiger partial charge in [0.2, 0.25) is 5.91 Å². The Balaban J connectivity index is 1.94. The molecule has 0 aliphatic rings. The molecule has 0 saturated heterocycles. The van der Waals surface area contributed by atoms with Gasteiger partial charge in [-0.2, -0.15) is 5.26 Å². The summed E-state index contributed by atoms with van der Waals surface area (Å²) in [5, 5.41) is 14.7. The molecule has 0 radical (unpaired) electrons. The van der Waals surface area contributed by atoms with Gasteiger partial charge in [0.25, 0.3) is 5.91 Å². The topological polar surface area (TPSA) is 91.2 Å². The number of hydrogen-bond acceptors (Lipinski definition) is 4. The Labute approximate surface area is 177 Å². The van der Waals surface area contributed by atoms with E-state index >= 15 is 0 Å². The van der Waals surface area contributed by atoms with Crippen molar-refractivity contribution in [2.75, 3.05) is 17.2 Å². The lowest BCUT2D eigenvalue weighted by Gasteiger charge is -2.07. The molecule has 0 saturated carbocycles.